The molecule has 1 aromatic carbocycles. The van der Waals surface area contributed by atoms with E-state index in [-0.39, 0.29) is 5.39 Å². The summed E-state index contributed by atoms with van der Waals surface area (Å²) in [6, 6.07) is 4.91. The van der Waals surface area contributed by atoms with Gasteiger partial charge in [0.15, 0.2) is 5.65 Å². The van der Waals surface area contributed by atoms with Crippen molar-refractivity contribution in [1.82, 2.24) is 24.0 Å². The van der Waals surface area contributed by atoms with Gasteiger partial charge in [0, 0.05) is 37.5 Å². The summed E-state index contributed by atoms with van der Waals surface area (Å²) in [5, 5.41) is 3.47. The van der Waals surface area contributed by atoms with Gasteiger partial charge in [-0.15, -0.1) is 0 Å². The van der Waals surface area contributed by atoms with Crippen LogP contribution in [0.1, 0.15) is 33.6 Å². The van der Waals surface area contributed by atoms with Crippen molar-refractivity contribution >= 4 is 17.0 Å². The third-order valence-corrected chi connectivity index (χ3v) is 5.87. The molecular formula is C24H34N6O4. The summed E-state index contributed by atoms with van der Waals surface area (Å²) in [6.07, 6.45) is 3.51. The lowest BCUT2D eigenvalue weighted by atomic mass is 10.2. The van der Waals surface area contributed by atoms with E-state index < -0.39 is 11.2 Å². The molecule has 34 heavy (non-hydrogen) atoms. The number of benzene rings is 1. The van der Waals surface area contributed by atoms with E-state index in [0.29, 0.717) is 41.9 Å². The Labute approximate surface area is 199 Å². The predicted octanol–water partition coefficient (Wildman–Crippen LogP) is 2.51. The van der Waals surface area contributed by atoms with Crippen LogP contribution in [-0.4, -0.2) is 64.4 Å². The highest BCUT2D eigenvalue weighted by molar-refractivity contribution is 5.74. The summed E-state index contributed by atoms with van der Waals surface area (Å²) in [6.45, 7) is 10.4. The van der Waals surface area contributed by atoms with E-state index in [4.69, 9.17) is 9.47 Å². The van der Waals surface area contributed by atoms with Crippen LogP contribution in [0.15, 0.2) is 34.0 Å². The lowest BCUT2D eigenvalue weighted by molar-refractivity contribution is 0.298. The van der Waals surface area contributed by atoms with Crippen molar-refractivity contribution in [3.8, 4) is 17.2 Å². The van der Waals surface area contributed by atoms with Crippen LogP contribution in [0.25, 0.3) is 16.7 Å². The van der Waals surface area contributed by atoms with Crippen LogP contribution in [0, 0.1) is 0 Å². The minimum absolute atomic E-state index is 0.260. The van der Waals surface area contributed by atoms with Crippen LogP contribution in [0.4, 0.5) is 5.95 Å². The van der Waals surface area contributed by atoms with Crippen molar-refractivity contribution in [3.63, 3.8) is 0 Å². The number of rotatable bonds is 12. The third kappa shape index (κ3) is 5.39. The Kier molecular flexibility index (Phi) is 8.64. The zero-order chi connectivity index (χ0) is 24.7. The highest BCUT2D eigenvalue weighted by atomic mass is 16.5. The van der Waals surface area contributed by atoms with E-state index in [1.54, 1.807) is 18.2 Å². The van der Waals surface area contributed by atoms with Crippen LogP contribution in [0.3, 0.4) is 0 Å². The number of ether oxygens (including phenoxy) is 2. The first-order chi connectivity index (χ1) is 16.5. The van der Waals surface area contributed by atoms with Gasteiger partial charge in [-0.05, 0) is 39.4 Å². The molecule has 0 fully saturated rings. The van der Waals surface area contributed by atoms with Gasteiger partial charge in [0.1, 0.15) is 16.9 Å². The second-order valence-electron chi connectivity index (χ2n) is 7.83. The molecule has 0 aliphatic carbocycles. The third-order valence-electron chi connectivity index (χ3n) is 5.87. The molecule has 184 valence electrons. The molecule has 0 saturated carbocycles. The number of unbranched alkanes of at least 4 members (excludes halogenated alkanes) is 1. The Bertz CT molecular complexity index is 1210. The zero-order valence-corrected chi connectivity index (χ0v) is 20.6. The molecule has 2 aromatic heterocycles. The number of hydrogen-bond donors (Lipinski definition) is 1. The van der Waals surface area contributed by atoms with Crippen molar-refractivity contribution in [2.24, 2.45) is 0 Å². The van der Waals surface area contributed by atoms with E-state index in [1.807, 2.05) is 6.92 Å². The van der Waals surface area contributed by atoms with Crippen LogP contribution in [-0.2, 0) is 6.54 Å². The monoisotopic (exact) mass is 470 g/mol. The summed E-state index contributed by atoms with van der Waals surface area (Å²) >= 11 is 0. The average Bonchev–Trinajstić information content (AvgIpc) is 2.86. The number of hydrogen-bond acceptors (Lipinski definition) is 8. The topological polar surface area (TPSA) is 104 Å². The molecular weight excluding hydrogens is 436 g/mol. The van der Waals surface area contributed by atoms with Crippen molar-refractivity contribution < 1.29 is 9.47 Å². The van der Waals surface area contributed by atoms with Crippen LogP contribution < -0.4 is 26.0 Å². The molecule has 10 heteroatoms. The Morgan fingerprint density at radius 1 is 1.00 bits per heavy atom. The van der Waals surface area contributed by atoms with Gasteiger partial charge >= 0.3 is 5.69 Å². The van der Waals surface area contributed by atoms with Gasteiger partial charge in [-0.25, -0.2) is 14.3 Å². The van der Waals surface area contributed by atoms with E-state index >= 15 is 0 Å². The second kappa shape index (κ2) is 11.6. The van der Waals surface area contributed by atoms with Crippen LogP contribution in [0.5, 0.6) is 11.5 Å². The Morgan fingerprint density at radius 3 is 2.26 bits per heavy atom. The molecule has 0 saturated heterocycles. The summed E-state index contributed by atoms with van der Waals surface area (Å²) in [4.78, 5) is 37.9. The Balaban J connectivity index is 1.93. The van der Waals surface area contributed by atoms with Crippen LogP contribution in [0.2, 0.25) is 0 Å². The first-order valence-electron chi connectivity index (χ1n) is 11.7. The fourth-order valence-corrected chi connectivity index (χ4v) is 3.87. The average molecular weight is 471 g/mol. The molecule has 0 bridgehead atoms. The summed E-state index contributed by atoms with van der Waals surface area (Å²) in [5.74, 6) is 1.35. The molecule has 0 spiro atoms. The fraction of sp³-hybridized carbons (Fsp3) is 0.500. The predicted molar refractivity (Wildman–Crippen MR) is 134 cm³/mol. The lowest BCUT2D eigenvalue weighted by Crippen LogP contribution is -2.39. The molecule has 0 unspecified atom stereocenters. The smallest absolute Gasteiger partial charge is 0.337 e. The largest absolute Gasteiger partial charge is 0.497 e. The Morgan fingerprint density at radius 2 is 1.68 bits per heavy atom. The quantitative estimate of drug-likeness (QED) is 0.403. The van der Waals surface area contributed by atoms with Gasteiger partial charge in [0.05, 0.1) is 19.9 Å². The van der Waals surface area contributed by atoms with Crippen molar-refractivity contribution in [3.05, 3.63) is 45.2 Å². The van der Waals surface area contributed by atoms with Crippen LogP contribution >= 0.6 is 0 Å². The normalized spacial score (nSPS) is 11.2. The fourth-order valence-electron chi connectivity index (χ4n) is 3.87. The number of nitrogens with zero attached hydrogens (tertiary/aromatic N) is 5. The highest BCUT2D eigenvalue weighted by Gasteiger charge is 2.17. The van der Waals surface area contributed by atoms with E-state index in [0.717, 1.165) is 37.0 Å². The number of anilines is 1. The van der Waals surface area contributed by atoms with Gasteiger partial charge < -0.3 is 19.7 Å². The minimum atomic E-state index is -0.495. The van der Waals surface area contributed by atoms with Gasteiger partial charge in [0.25, 0.3) is 5.56 Å². The summed E-state index contributed by atoms with van der Waals surface area (Å²) in [7, 11) is 3.02. The van der Waals surface area contributed by atoms with E-state index in [2.05, 4.69) is 34.0 Å². The zero-order valence-electron chi connectivity index (χ0n) is 20.6. The molecule has 0 atom stereocenters. The van der Waals surface area contributed by atoms with Gasteiger partial charge in [-0.1, -0.05) is 13.8 Å². The highest BCUT2D eigenvalue weighted by Crippen LogP contribution is 2.24. The molecule has 0 amide bonds. The Hall–Kier alpha value is -3.40. The van der Waals surface area contributed by atoms with Crippen molar-refractivity contribution in [2.45, 2.75) is 40.2 Å². The minimum Gasteiger partial charge on any atom is -0.497 e. The van der Waals surface area contributed by atoms with Gasteiger partial charge in [-0.2, -0.15) is 4.98 Å². The summed E-state index contributed by atoms with van der Waals surface area (Å²) in [5.41, 5.74) is -0.320. The molecule has 1 N–H and O–H groups in total. The maximum atomic E-state index is 13.3. The molecule has 2 heterocycles. The van der Waals surface area contributed by atoms with Crippen molar-refractivity contribution in [2.75, 3.05) is 45.7 Å². The first-order valence-corrected chi connectivity index (χ1v) is 11.7. The SMILES string of the molecule is CCN(CC)CCCCNc1ncc2c(=O)n(-c3cc(OC)cc(OC)c3)c(=O)n(CC)c2n1. The number of aryl methyl sites for hydroxylation is 1. The maximum Gasteiger partial charge on any atom is 0.337 e. The molecule has 3 aromatic rings. The van der Waals surface area contributed by atoms with Crippen molar-refractivity contribution in [1.29, 1.82) is 0 Å². The first kappa shape index (κ1) is 25.2. The van der Waals surface area contributed by atoms with Gasteiger partial charge in [-0.3, -0.25) is 9.36 Å². The second-order valence-corrected chi connectivity index (χ2v) is 7.83. The molecule has 0 aliphatic rings. The summed E-state index contributed by atoms with van der Waals surface area (Å²) < 4.78 is 13.2. The lowest BCUT2D eigenvalue weighted by Gasteiger charge is -2.17. The molecule has 3 rings (SSSR count). The van der Waals surface area contributed by atoms with Gasteiger partial charge in [0.2, 0.25) is 5.95 Å². The molecule has 0 radical (unpaired) electrons. The number of nitrogens with one attached hydrogen (secondary N) is 1. The van der Waals surface area contributed by atoms with E-state index in [9.17, 15) is 9.59 Å². The molecule has 0 aliphatic heterocycles. The van der Waals surface area contributed by atoms with E-state index in [1.165, 1.54) is 25.0 Å². The number of methoxy groups -OCH3 is 2. The number of fused-ring (bicyclic) bond motifs is 1. The number of aromatic nitrogens is 4. The maximum absolute atomic E-state index is 13.3. The standard InChI is InChI=1S/C24H34N6O4/c1-6-28(7-2)12-10-9-11-25-23-26-16-20-21(27-23)29(8-3)24(32)30(22(20)31)17-13-18(33-4)15-19(14-17)34-5/h13-16H,6-12H2,1-5H3,(H,25,26,27). The molecule has 10 nitrogen and oxygen atoms in total.